The number of rotatable bonds is 4. The third-order valence-corrected chi connectivity index (χ3v) is 3.22. The molecule has 1 heterocycles. The first-order chi connectivity index (χ1) is 8.70. The van der Waals surface area contributed by atoms with Gasteiger partial charge in [-0.1, -0.05) is 30.7 Å². The van der Waals surface area contributed by atoms with E-state index in [1.807, 2.05) is 31.3 Å². The first kappa shape index (κ1) is 13.1. The first-order valence-electron chi connectivity index (χ1n) is 6.13. The molecule has 0 aliphatic heterocycles. The summed E-state index contributed by atoms with van der Waals surface area (Å²) in [7, 11) is 0. The molecule has 1 N–H and O–H groups in total. The molecule has 1 aromatic heterocycles. The molecule has 0 radical (unpaired) electrons. The summed E-state index contributed by atoms with van der Waals surface area (Å²) in [6, 6.07) is 10.2. The number of hydrogen-bond acceptors (Lipinski definition) is 2. The van der Waals surface area contributed by atoms with Gasteiger partial charge in [-0.15, -0.1) is 0 Å². The van der Waals surface area contributed by atoms with Gasteiger partial charge in [0.2, 0.25) is 0 Å². The van der Waals surface area contributed by atoms with Gasteiger partial charge < -0.3 is 5.32 Å². The molecule has 0 bridgehead atoms. The van der Waals surface area contributed by atoms with Gasteiger partial charge >= 0.3 is 0 Å². The van der Waals surface area contributed by atoms with Crippen molar-refractivity contribution in [2.24, 2.45) is 0 Å². The Balaban J connectivity index is 2.31. The zero-order valence-corrected chi connectivity index (χ0v) is 11.5. The lowest BCUT2D eigenvalue weighted by Crippen LogP contribution is -2.12. The second-order valence-corrected chi connectivity index (χ2v) is 4.68. The molecule has 0 saturated carbocycles. The van der Waals surface area contributed by atoms with E-state index in [-0.39, 0.29) is 0 Å². The molecule has 0 spiro atoms. The Bertz CT molecular complexity index is 521. The molecule has 0 aliphatic carbocycles. The van der Waals surface area contributed by atoms with E-state index >= 15 is 0 Å². The van der Waals surface area contributed by atoms with E-state index in [4.69, 9.17) is 11.6 Å². The minimum atomic E-state index is 0.794. The summed E-state index contributed by atoms with van der Waals surface area (Å²) < 4.78 is 0. The van der Waals surface area contributed by atoms with Crippen LogP contribution in [-0.4, -0.2) is 11.5 Å². The average Bonchev–Trinajstić information content (AvgIpc) is 2.39. The molecule has 3 heteroatoms. The smallest absolute Gasteiger partial charge is 0.0451 e. The average molecular weight is 261 g/mol. The number of aromatic nitrogens is 1. The molecule has 94 valence electrons. The lowest BCUT2D eigenvalue weighted by atomic mass is 10.0. The fraction of sp³-hybridized carbons (Fsp3) is 0.267. The van der Waals surface area contributed by atoms with Crippen LogP contribution in [0.3, 0.4) is 0 Å². The van der Waals surface area contributed by atoms with Gasteiger partial charge in [0, 0.05) is 29.0 Å². The Morgan fingerprint density at radius 1 is 1.17 bits per heavy atom. The maximum atomic E-state index is 6.19. The number of benzene rings is 1. The van der Waals surface area contributed by atoms with E-state index in [9.17, 15) is 0 Å². The highest BCUT2D eigenvalue weighted by atomic mass is 35.5. The third kappa shape index (κ3) is 3.09. The molecule has 2 nitrogen and oxygen atoms in total. The first-order valence-corrected chi connectivity index (χ1v) is 6.50. The fourth-order valence-corrected chi connectivity index (χ4v) is 1.97. The minimum absolute atomic E-state index is 0.794. The van der Waals surface area contributed by atoms with Crippen molar-refractivity contribution < 1.29 is 0 Å². The number of pyridine rings is 1. The Morgan fingerprint density at radius 2 is 1.94 bits per heavy atom. The van der Waals surface area contributed by atoms with Crippen molar-refractivity contribution >= 4 is 11.6 Å². The molecule has 1 aromatic carbocycles. The van der Waals surface area contributed by atoms with E-state index in [0.717, 1.165) is 40.5 Å². The molecule has 0 unspecified atom stereocenters. The normalized spacial score (nSPS) is 10.6. The summed E-state index contributed by atoms with van der Waals surface area (Å²) in [6.07, 6.45) is 1.90. The summed E-state index contributed by atoms with van der Waals surface area (Å²) in [4.78, 5) is 4.32. The van der Waals surface area contributed by atoms with Crippen molar-refractivity contribution in [2.75, 3.05) is 6.54 Å². The van der Waals surface area contributed by atoms with Crippen LogP contribution in [0.5, 0.6) is 0 Å². The number of hydrogen-bond donors (Lipinski definition) is 1. The van der Waals surface area contributed by atoms with Crippen LogP contribution >= 0.6 is 11.6 Å². The van der Waals surface area contributed by atoms with E-state index in [0.29, 0.717) is 0 Å². The van der Waals surface area contributed by atoms with E-state index in [1.165, 1.54) is 0 Å². The van der Waals surface area contributed by atoms with Crippen LogP contribution in [0.15, 0.2) is 36.5 Å². The molecule has 0 aliphatic rings. The van der Waals surface area contributed by atoms with Gasteiger partial charge in [0.15, 0.2) is 0 Å². The third-order valence-electron chi connectivity index (χ3n) is 2.86. The molecule has 2 rings (SSSR count). The highest BCUT2D eigenvalue weighted by molar-refractivity contribution is 6.31. The van der Waals surface area contributed by atoms with Gasteiger partial charge in [0.1, 0.15) is 0 Å². The van der Waals surface area contributed by atoms with Crippen LogP contribution in [0.2, 0.25) is 5.02 Å². The van der Waals surface area contributed by atoms with Crippen LogP contribution in [-0.2, 0) is 6.54 Å². The largest absolute Gasteiger partial charge is 0.313 e. The number of nitrogens with one attached hydrogen (secondary N) is 1. The van der Waals surface area contributed by atoms with Gasteiger partial charge in [-0.05, 0) is 42.8 Å². The lowest BCUT2D eigenvalue weighted by molar-refractivity contribution is 0.727. The van der Waals surface area contributed by atoms with Crippen molar-refractivity contribution in [3.8, 4) is 11.1 Å². The quantitative estimate of drug-likeness (QED) is 0.904. The highest BCUT2D eigenvalue weighted by Crippen LogP contribution is 2.24. The Labute approximate surface area is 113 Å². The molecular weight excluding hydrogens is 244 g/mol. The number of nitrogens with zero attached hydrogens (tertiary/aromatic N) is 1. The second-order valence-electron chi connectivity index (χ2n) is 4.27. The second kappa shape index (κ2) is 5.98. The Morgan fingerprint density at radius 3 is 2.61 bits per heavy atom. The molecule has 0 fully saturated rings. The van der Waals surface area contributed by atoms with Crippen LogP contribution < -0.4 is 5.32 Å². The van der Waals surface area contributed by atoms with Crippen molar-refractivity contribution in [3.63, 3.8) is 0 Å². The monoisotopic (exact) mass is 260 g/mol. The zero-order chi connectivity index (χ0) is 13.0. The summed E-state index contributed by atoms with van der Waals surface area (Å²) in [6.45, 7) is 5.80. The number of halogens is 1. The van der Waals surface area contributed by atoms with Crippen LogP contribution in [0.25, 0.3) is 11.1 Å². The van der Waals surface area contributed by atoms with Gasteiger partial charge in [0.05, 0.1) is 0 Å². The van der Waals surface area contributed by atoms with E-state index in [1.54, 1.807) is 0 Å². The summed E-state index contributed by atoms with van der Waals surface area (Å²) >= 11 is 6.19. The van der Waals surface area contributed by atoms with Gasteiger partial charge in [-0.3, -0.25) is 4.98 Å². The van der Waals surface area contributed by atoms with Gasteiger partial charge in [-0.2, -0.15) is 0 Å². The topological polar surface area (TPSA) is 24.9 Å². The Kier molecular flexibility index (Phi) is 4.34. The molecule has 0 saturated heterocycles. The van der Waals surface area contributed by atoms with E-state index in [2.05, 4.69) is 29.4 Å². The molecule has 2 aromatic rings. The minimum Gasteiger partial charge on any atom is -0.313 e. The molecule has 18 heavy (non-hydrogen) atoms. The van der Waals surface area contributed by atoms with Gasteiger partial charge in [0.25, 0.3) is 0 Å². The maximum Gasteiger partial charge on any atom is 0.0451 e. The molecule has 0 atom stereocenters. The van der Waals surface area contributed by atoms with Crippen molar-refractivity contribution in [1.29, 1.82) is 0 Å². The zero-order valence-electron chi connectivity index (χ0n) is 10.7. The summed E-state index contributed by atoms with van der Waals surface area (Å²) in [5, 5.41) is 4.10. The molecule has 0 amide bonds. The van der Waals surface area contributed by atoms with Crippen molar-refractivity contribution in [1.82, 2.24) is 10.3 Å². The van der Waals surface area contributed by atoms with Crippen molar-refractivity contribution in [3.05, 3.63) is 52.8 Å². The van der Waals surface area contributed by atoms with Crippen molar-refractivity contribution in [2.45, 2.75) is 20.4 Å². The van der Waals surface area contributed by atoms with Crippen LogP contribution in [0.1, 0.15) is 18.2 Å². The van der Waals surface area contributed by atoms with Crippen LogP contribution in [0, 0.1) is 6.92 Å². The predicted octanol–water partition coefficient (Wildman–Crippen LogP) is 3.82. The molecular formula is C15H17ClN2. The maximum absolute atomic E-state index is 6.19. The fourth-order valence-electron chi connectivity index (χ4n) is 1.79. The lowest BCUT2D eigenvalue weighted by Gasteiger charge is -2.08. The summed E-state index contributed by atoms with van der Waals surface area (Å²) in [5.41, 5.74) is 4.42. The van der Waals surface area contributed by atoms with E-state index < -0.39 is 0 Å². The van der Waals surface area contributed by atoms with Gasteiger partial charge in [-0.25, -0.2) is 0 Å². The predicted molar refractivity (Wildman–Crippen MR) is 76.8 cm³/mol. The highest BCUT2D eigenvalue weighted by Gasteiger charge is 2.04. The number of aryl methyl sites for hydroxylation is 1. The van der Waals surface area contributed by atoms with Crippen LogP contribution in [0.4, 0.5) is 0 Å². The summed E-state index contributed by atoms with van der Waals surface area (Å²) in [5.74, 6) is 0. The standard InChI is InChI=1S/C15H17ClN2/c1-3-17-9-14-8-12(6-7-15(14)16)13-5-4-11(2)18-10-13/h4-8,10,17H,3,9H2,1-2H3. The SMILES string of the molecule is CCNCc1cc(-c2ccc(C)nc2)ccc1Cl. The Hall–Kier alpha value is -1.38.